The van der Waals surface area contributed by atoms with Gasteiger partial charge in [0.15, 0.2) is 5.96 Å². The molecular formula is C16H28F3IN6. The third-order valence-electron chi connectivity index (χ3n) is 3.43. The molecule has 3 N–H and O–H groups in total. The van der Waals surface area contributed by atoms with Crippen molar-refractivity contribution in [3.05, 3.63) is 18.0 Å². The molecule has 0 spiro atoms. The molecule has 150 valence electrons. The summed E-state index contributed by atoms with van der Waals surface area (Å²) in [6, 6.07) is 1.13. The predicted octanol–water partition coefficient (Wildman–Crippen LogP) is 3.52. The Morgan fingerprint density at radius 3 is 2.46 bits per heavy atom. The van der Waals surface area contributed by atoms with E-state index in [1.54, 1.807) is 7.05 Å². The Morgan fingerprint density at radius 1 is 1.19 bits per heavy atom. The molecule has 6 nitrogen and oxygen atoms in total. The third kappa shape index (κ3) is 9.97. The van der Waals surface area contributed by atoms with Gasteiger partial charge in [0.25, 0.3) is 0 Å². The van der Waals surface area contributed by atoms with Crippen LogP contribution in [0.25, 0.3) is 0 Å². The smallest absolute Gasteiger partial charge is 0.355 e. The van der Waals surface area contributed by atoms with Gasteiger partial charge in [-0.2, -0.15) is 13.2 Å². The molecule has 1 rings (SSSR count). The van der Waals surface area contributed by atoms with Gasteiger partial charge in [-0.25, -0.2) is 9.97 Å². The van der Waals surface area contributed by atoms with Crippen LogP contribution in [0.2, 0.25) is 0 Å². The van der Waals surface area contributed by atoms with E-state index >= 15 is 0 Å². The molecule has 0 saturated heterocycles. The maximum Gasteiger partial charge on any atom is 0.433 e. The maximum absolute atomic E-state index is 12.6. The number of halogens is 4. The van der Waals surface area contributed by atoms with Crippen LogP contribution in [0.4, 0.5) is 19.1 Å². The lowest BCUT2D eigenvalue weighted by molar-refractivity contribution is -0.141. The van der Waals surface area contributed by atoms with E-state index in [1.165, 1.54) is 0 Å². The van der Waals surface area contributed by atoms with Crippen molar-refractivity contribution in [3.8, 4) is 0 Å². The lowest BCUT2D eigenvalue weighted by Crippen LogP contribution is -2.43. The Morgan fingerprint density at radius 2 is 1.88 bits per heavy atom. The molecule has 0 aliphatic heterocycles. The van der Waals surface area contributed by atoms with Crippen molar-refractivity contribution < 1.29 is 13.2 Å². The van der Waals surface area contributed by atoms with E-state index < -0.39 is 11.9 Å². The zero-order valence-corrected chi connectivity index (χ0v) is 17.9. The summed E-state index contributed by atoms with van der Waals surface area (Å²) in [6.07, 6.45) is -1.23. The van der Waals surface area contributed by atoms with E-state index in [4.69, 9.17) is 0 Å². The minimum atomic E-state index is -4.48. The highest BCUT2D eigenvalue weighted by Gasteiger charge is 2.32. The van der Waals surface area contributed by atoms with Crippen LogP contribution in [0.15, 0.2) is 17.3 Å². The van der Waals surface area contributed by atoms with Gasteiger partial charge in [-0.05, 0) is 31.7 Å². The summed E-state index contributed by atoms with van der Waals surface area (Å²) in [4.78, 5) is 11.4. The molecule has 0 aromatic carbocycles. The summed E-state index contributed by atoms with van der Waals surface area (Å²) in [7, 11) is 1.67. The first-order valence-corrected chi connectivity index (χ1v) is 8.33. The van der Waals surface area contributed by atoms with Crippen molar-refractivity contribution in [1.29, 1.82) is 0 Å². The number of rotatable bonds is 8. The minimum Gasteiger partial charge on any atom is -0.355 e. The van der Waals surface area contributed by atoms with Crippen LogP contribution < -0.4 is 16.0 Å². The first-order chi connectivity index (χ1) is 11.7. The molecule has 0 saturated carbocycles. The van der Waals surface area contributed by atoms with Crippen LogP contribution in [-0.2, 0) is 6.18 Å². The highest BCUT2D eigenvalue weighted by atomic mass is 127. The average molecular weight is 488 g/mol. The van der Waals surface area contributed by atoms with E-state index in [1.807, 2.05) is 0 Å². The Bertz CT molecular complexity index is 551. The van der Waals surface area contributed by atoms with Crippen LogP contribution >= 0.6 is 24.0 Å². The lowest BCUT2D eigenvalue weighted by atomic mass is 10.0. The number of hydrogen-bond donors (Lipinski definition) is 3. The van der Waals surface area contributed by atoms with Gasteiger partial charge in [0.1, 0.15) is 5.69 Å². The van der Waals surface area contributed by atoms with E-state index in [-0.39, 0.29) is 36.0 Å². The number of nitrogens with zero attached hydrogens (tertiary/aromatic N) is 3. The molecule has 1 aromatic rings. The molecular weight excluding hydrogens is 460 g/mol. The van der Waals surface area contributed by atoms with E-state index in [2.05, 4.69) is 51.7 Å². The summed E-state index contributed by atoms with van der Waals surface area (Å²) in [6.45, 7) is 7.28. The summed E-state index contributed by atoms with van der Waals surface area (Å²) in [5.74, 6) is 1.25. The Balaban J connectivity index is 0.00000625. The molecule has 26 heavy (non-hydrogen) atoms. The fourth-order valence-electron chi connectivity index (χ4n) is 2.04. The first kappa shape index (κ1) is 24.7. The molecule has 0 aliphatic carbocycles. The fraction of sp³-hybridized carbons (Fsp3) is 0.688. The number of guanidine groups is 1. The van der Waals surface area contributed by atoms with Crippen LogP contribution in [0.5, 0.6) is 0 Å². The van der Waals surface area contributed by atoms with E-state index in [0.29, 0.717) is 25.0 Å². The number of anilines is 1. The molecule has 0 bridgehead atoms. The van der Waals surface area contributed by atoms with Gasteiger partial charge in [0, 0.05) is 32.4 Å². The largest absolute Gasteiger partial charge is 0.433 e. The number of nitrogens with one attached hydrogen (secondary N) is 3. The predicted molar refractivity (Wildman–Crippen MR) is 109 cm³/mol. The molecule has 0 aliphatic rings. The molecule has 10 heteroatoms. The van der Waals surface area contributed by atoms with Gasteiger partial charge in [0.2, 0.25) is 5.95 Å². The highest BCUT2D eigenvalue weighted by molar-refractivity contribution is 14.0. The molecule has 1 unspecified atom stereocenters. The SMILES string of the molecule is CN=C(NCCNc1nccc(C(F)(F)F)n1)NC(C)CCC(C)C.I. The van der Waals surface area contributed by atoms with E-state index in [9.17, 15) is 13.2 Å². The van der Waals surface area contributed by atoms with Crippen LogP contribution in [0.1, 0.15) is 39.3 Å². The van der Waals surface area contributed by atoms with Crippen molar-refractivity contribution in [2.75, 3.05) is 25.5 Å². The Kier molecular flexibility index (Phi) is 11.5. The van der Waals surface area contributed by atoms with Crippen molar-refractivity contribution in [2.24, 2.45) is 10.9 Å². The maximum atomic E-state index is 12.6. The van der Waals surface area contributed by atoms with Crippen LogP contribution in [0, 0.1) is 5.92 Å². The van der Waals surface area contributed by atoms with Gasteiger partial charge in [-0.15, -0.1) is 24.0 Å². The average Bonchev–Trinajstić information content (AvgIpc) is 2.55. The van der Waals surface area contributed by atoms with Gasteiger partial charge in [0.05, 0.1) is 0 Å². The van der Waals surface area contributed by atoms with Gasteiger partial charge in [-0.1, -0.05) is 13.8 Å². The Hall–Kier alpha value is -1.33. The summed E-state index contributed by atoms with van der Waals surface area (Å²) >= 11 is 0. The summed E-state index contributed by atoms with van der Waals surface area (Å²) in [5, 5.41) is 9.14. The topological polar surface area (TPSA) is 74.2 Å². The quantitative estimate of drug-likeness (QED) is 0.226. The zero-order chi connectivity index (χ0) is 18.9. The molecule has 1 atom stereocenters. The minimum absolute atomic E-state index is 0. The molecule has 0 radical (unpaired) electrons. The Labute approximate surface area is 169 Å². The van der Waals surface area contributed by atoms with Gasteiger partial charge >= 0.3 is 6.18 Å². The first-order valence-electron chi connectivity index (χ1n) is 8.33. The molecule has 0 fully saturated rings. The second kappa shape index (κ2) is 12.1. The second-order valence-electron chi connectivity index (χ2n) is 6.21. The third-order valence-corrected chi connectivity index (χ3v) is 3.43. The highest BCUT2D eigenvalue weighted by Crippen LogP contribution is 2.27. The second-order valence-corrected chi connectivity index (χ2v) is 6.21. The lowest BCUT2D eigenvalue weighted by Gasteiger charge is -2.18. The number of hydrogen-bond acceptors (Lipinski definition) is 4. The number of alkyl halides is 3. The zero-order valence-electron chi connectivity index (χ0n) is 15.5. The summed E-state index contributed by atoms with van der Waals surface area (Å²) in [5.41, 5.74) is -0.964. The fourth-order valence-corrected chi connectivity index (χ4v) is 2.04. The van der Waals surface area contributed by atoms with Crippen LogP contribution in [0.3, 0.4) is 0 Å². The number of aliphatic imine (C=N–C) groups is 1. The van der Waals surface area contributed by atoms with Gasteiger partial charge < -0.3 is 16.0 Å². The van der Waals surface area contributed by atoms with Crippen LogP contribution in [-0.4, -0.2) is 42.1 Å². The van der Waals surface area contributed by atoms with Crippen molar-refractivity contribution in [1.82, 2.24) is 20.6 Å². The molecule has 1 aromatic heterocycles. The van der Waals surface area contributed by atoms with Crippen molar-refractivity contribution in [3.63, 3.8) is 0 Å². The standard InChI is InChI=1S/C16H27F3N6.HI/c1-11(2)5-6-12(3)24-14(20-4)22-9-10-23-15-21-8-7-13(25-15)16(17,18)19;/h7-8,11-12H,5-6,9-10H2,1-4H3,(H2,20,22,24)(H,21,23,25);1H. The summed E-state index contributed by atoms with van der Waals surface area (Å²) < 4.78 is 37.8. The van der Waals surface area contributed by atoms with Crippen molar-refractivity contribution >= 4 is 35.9 Å². The molecule has 1 heterocycles. The number of aromatic nitrogens is 2. The molecule has 0 amide bonds. The van der Waals surface area contributed by atoms with E-state index in [0.717, 1.165) is 25.1 Å². The van der Waals surface area contributed by atoms with Crippen molar-refractivity contribution in [2.45, 2.75) is 45.8 Å². The van der Waals surface area contributed by atoms with Gasteiger partial charge in [-0.3, -0.25) is 4.99 Å². The monoisotopic (exact) mass is 488 g/mol. The normalized spacial score (nSPS) is 13.2.